The molecule has 0 bridgehead atoms. The van der Waals surface area contributed by atoms with E-state index in [-0.39, 0.29) is 11.5 Å². The van der Waals surface area contributed by atoms with E-state index in [1.165, 1.54) is 16.4 Å². The van der Waals surface area contributed by atoms with Crippen LogP contribution in [0.2, 0.25) is 0 Å². The number of nitrogens with one attached hydrogen (secondary N) is 1. The Morgan fingerprint density at radius 1 is 1.42 bits per heavy atom. The predicted molar refractivity (Wildman–Crippen MR) is 84.4 cm³/mol. The van der Waals surface area contributed by atoms with Crippen molar-refractivity contribution in [2.24, 2.45) is 5.84 Å². The van der Waals surface area contributed by atoms with Crippen molar-refractivity contribution in [2.75, 3.05) is 0 Å². The monoisotopic (exact) mass is 360 g/mol. The highest BCUT2D eigenvalue weighted by Gasteiger charge is 2.27. The van der Waals surface area contributed by atoms with Crippen LogP contribution in [0.5, 0.6) is 0 Å². The van der Waals surface area contributed by atoms with Crippen LogP contribution in [-0.4, -0.2) is 9.59 Å². The van der Waals surface area contributed by atoms with Gasteiger partial charge < -0.3 is 0 Å². The molecule has 19 heavy (non-hydrogen) atoms. The third-order valence-electron chi connectivity index (χ3n) is 2.78. The van der Waals surface area contributed by atoms with E-state index in [0.29, 0.717) is 0 Å². The molecule has 0 fully saturated rings. The van der Waals surface area contributed by atoms with Crippen LogP contribution in [0.25, 0.3) is 0 Å². The number of hydrazine groups is 1. The van der Waals surface area contributed by atoms with E-state index in [0.717, 1.165) is 20.8 Å². The Hall–Kier alpha value is -0.340. The Morgan fingerprint density at radius 2 is 2.16 bits per heavy atom. The smallest absolute Gasteiger partial charge is 0.0857 e. The topological polar surface area (TPSA) is 63.8 Å². The zero-order chi connectivity index (χ0) is 14.0. The lowest BCUT2D eigenvalue weighted by Gasteiger charge is -2.21. The Bertz CT molecular complexity index is 544. The maximum Gasteiger partial charge on any atom is 0.0857 e. The minimum atomic E-state index is -0.0204. The third-order valence-corrected chi connectivity index (χ3v) is 5.26. The molecule has 1 atom stereocenters. The van der Waals surface area contributed by atoms with Crippen molar-refractivity contribution in [3.8, 4) is 0 Å². The molecule has 0 saturated carbocycles. The number of aromatic nitrogens is 2. The van der Waals surface area contributed by atoms with Crippen molar-refractivity contribution < 1.29 is 0 Å². The zero-order valence-electron chi connectivity index (χ0n) is 11.1. The molecule has 0 aromatic carbocycles. The fourth-order valence-electron chi connectivity index (χ4n) is 1.84. The van der Waals surface area contributed by atoms with E-state index in [4.69, 9.17) is 5.84 Å². The summed E-state index contributed by atoms with van der Waals surface area (Å²) >= 11 is 6.64. The van der Waals surface area contributed by atoms with Crippen LogP contribution in [-0.2, 0) is 11.8 Å². The van der Waals surface area contributed by atoms with Crippen LogP contribution in [0, 0.1) is 0 Å². The van der Waals surface area contributed by atoms with E-state index >= 15 is 0 Å². The average molecular weight is 361 g/mol. The second-order valence-electron chi connectivity index (χ2n) is 5.36. The zero-order valence-corrected chi connectivity index (χ0v) is 14.3. The van der Waals surface area contributed by atoms with Gasteiger partial charge in [-0.3, -0.25) is 11.3 Å². The summed E-state index contributed by atoms with van der Waals surface area (Å²) in [7, 11) is 0. The lowest BCUT2D eigenvalue weighted by atomic mass is 9.89. The number of nitrogens with two attached hydrogens (primary N) is 1. The van der Waals surface area contributed by atoms with Crippen LogP contribution in [0.4, 0.5) is 0 Å². The Kier molecular flexibility index (Phi) is 4.73. The molecule has 0 aliphatic carbocycles. The number of thiophene rings is 1. The fourth-order valence-corrected chi connectivity index (χ4v) is 4.29. The summed E-state index contributed by atoms with van der Waals surface area (Å²) in [6.07, 6.45) is 0.847. The van der Waals surface area contributed by atoms with Gasteiger partial charge in [-0.2, -0.15) is 0 Å². The van der Waals surface area contributed by atoms with Crippen molar-refractivity contribution in [3.05, 3.63) is 31.4 Å². The standard InChI is InChI=1S/C12H17BrN4S2/c1-12(2,3)11-10(19-17-16-11)8(15-14)6-7-4-5-9(13)18-7/h4-5,8,15H,6,14H2,1-3H3. The molecule has 2 aromatic heterocycles. The molecule has 0 amide bonds. The molecule has 0 aliphatic rings. The highest BCUT2D eigenvalue weighted by molar-refractivity contribution is 9.11. The highest BCUT2D eigenvalue weighted by atomic mass is 79.9. The van der Waals surface area contributed by atoms with Gasteiger partial charge in [0.15, 0.2) is 0 Å². The quantitative estimate of drug-likeness (QED) is 0.647. The van der Waals surface area contributed by atoms with Gasteiger partial charge in [0.1, 0.15) is 0 Å². The summed E-state index contributed by atoms with van der Waals surface area (Å²) in [5.41, 5.74) is 3.90. The van der Waals surface area contributed by atoms with Gasteiger partial charge >= 0.3 is 0 Å². The van der Waals surface area contributed by atoms with Gasteiger partial charge in [-0.1, -0.05) is 25.3 Å². The molecule has 7 heteroatoms. The molecule has 0 saturated heterocycles. The molecule has 2 aromatic rings. The minimum absolute atomic E-state index is 0.0204. The van der Waals surface area contributed by atoms with Gasteiger partial charge in [0, 0.05) is 16.7 Å². The minimum Gasteiger partial charge on any atom is -0.271 e. The van der Waals surface area contributed by atoms with Crippen LogP contribution < -0.4 is 11.3 Å². The Morgan fingerprint density at radius 3 is 2.68 bits per heavy atom. The molecule has 0 aliphatic heterocycles. The Balaban J connectivity index is 2.25. The molecule has 3 N–H and O–H groups in total. The molecular weight excluding hydrogens is 344 g/mol. The molecule has 4 nitrogen and oxygen atoms in total. The van der Waals surface area contributed by atoms with E-state index < -0.39 is 0 Å². The first-order chi connectivity index (χ1) is 8.91. The highest BCUT2D eigenvalue weighted by Crippen LogP contribution is 2.33. The van der Waals surface area contributed by atoms with Gasteiger partial charge in [-0.15, -0.1) is 16.4 Å². The van der Waals surface area contributed by atoms with Crippen molar-refractivity contribution in [3.63, 3.8) is 0 Å². The molecule has 1 unspecified atom stereocenters. The van der Waals surface area contributed by atoms with E-state index in [1.54, 1.807) is 11.3 Å². The summed E-state index contributed by atoms with van der Waals surface area (Å²) < 4.78 is 5.23. The average Bonchev–Trinajstić information content (AvgIpc) is 2.93. The normalized spacial score (nSPS) is 13.7. The van der Waals surface area contributed by atoms with Crippen molar-refractivity contribution in [1.29, 1.82) is 0 Å². The molecule has 104 valence electrons. The largest absolute Gasteiger partial charge is 0.271 e. The van der Waals surface area contributed by atoms with Crippen molar-refractivity contribution in [2.45, 2.75) is 38.6 Å². The Labute approximate surface area is 129 Å². The summed E-state index contributed by atoms with van der Waals surface area (Å²) in [6, 6.07) is 4.23. The second kappa shape index (κ2) is 5.97. The SMILES string of the molecule is CC(C)(C)c1nnsc1C(Cc1ccc(Br)s1)NN. The number of hydrogen-bond acceptors (Lipinski definition) is 6. The number of rotatable bonds is 4. The third kappa shape index (κ3) is 3.61. The second-order valence-corrected chi connectivity index (χ2v) is 8.70. The fraction of sp³-hybridized carbons (Fsp3) is 0.500. The molecule has 0 radical (unpaired) electrons. The number of halogens is 1. The first kappa shape index (κ1) is 15.1. The summed E-state index contributed by atoms with van der Waals surface area (Å²) in [4.78, 5) is 2.41. The van der Waals surface area contributed by atoms with Gasteiger partial charge in [0.25, 0.3) is 0 Å². The lowest BCUT2D eigenvalue weighted by Crippen LogP contribution is -2.30. The van der Waals surface area contributed by atoms with Crippen LogP contribution in [0.15, 0.2) is 15.9 Å². The van der Waals surface area contributed by atoms with Gasteiger partial charge in [0.2, 0.25) is 0 Å². The molecule has 2 rings (SSSR count). The van der Waals surface area contributed by atoms with Gasteiger partial charge in [0.05, 0.1) is 20.4 Å². The van der Waals surface area contributed by atoms with Crippen molar-refractivity contribution >= 4 is 38.8 Å². The first-order valence-electron chi connectivity index (χ1n) is 5.95. The van der Waals surface area contributed by atoms with Crippen LogP contribution in [0.1, 0.15) is 42.3 Å². The van der Waals surface area contributed by atoms with Gasteiger partial charge in [-0.05, 0) is 39.6 Å². The maximum absolute atomic E-state index is 5.72. The molecule has 2 heterocycles. The maximum atomic E-state index is 5.72. The van der Waals surface area contributed by atoms with Gasteiger partial charge in [-0.25, -0.2) is 0 Å². The van der Waals surface area contributed by atoms with Crippen LogP contribution >= 0.6 is 38.8 Å². The first-order valence-corrected chi connectivity index (χ1v) is 8.33. The van der Waals surface area contributed by atoms with E-state index in [2.05, 4.69) is 63.8 Å². The van der Waals surface area contributed by atoms with E-state index in [1.807, 2.05) is 0 Å². The van der Waals surface area contributed by atoms with Crippen LogP contribution in [0.3, 0.4) is 0 Å². The molecular formula is C12H17BrN4S2. The number of hydrogen-bond donors (Lipinski definition) is 2. The van der Waals surface area contributed by atoms with E-state index in [9.17, 15) is 0 Å². The summed E-state index contributed by atoms with van der Waals surface area (Å²) in [6.45, 7) is 6.42. The summed E-state index contributed by atoms with van der Waals surface area (Å²) in [5, 5.41) is 4.27. The lowest BCUT2D eigenvalue weighted by molar-refractivity contribution is 0.517. The van der Waals surface area contributed by atoms with Crippen molar-refractivity contribution in [1.82, 2.24) is 15.0 Å². The number of nitrogens with zero attached hydrogens (tertiary/aromatic N) is 2. The summed E-state index contributed by atoms with van der Waals surface area (Å²) in [5.74, 6) is 5.72. The molecule has 0 spiro atoms. The predicted octanol–water partition coefficient (Wildman–Crippen LogP) is 3.41.